The fourth-order valence-corrected chi connectivity index (χ4v) is 1.65. The zero-order chi connectivity index (χ0) is 8.27. The van der Waals surface area contributed by atoms with Gasteiger partial charge in [-0.15, -0.1) is 11.3 Å². The Labute approximate surface area is 69.3 Å². The van der Waals surface area contributed by atoms with E-state index in [1.165, 1.54) is 11.3 Å². The van der Waals surface area contributed by atoms with Crippen LogP contribution in [-0.2, 0) is 6.42 Å². The van der Waals surface area contributed by atoms with Gasteiger partial charge in [0.2, 0.25) is 5.88 Å². The van der Waals surface area contributed by atoms with Crippen molar-refractivity contribution in [2.75, 3.05) is 6.61 Å². The number of aliphatic hydroxyl groups is 1. The van der Waals surface area contributed by atoms with Gasteiger partial charge in [0, 0.05) is 13.0 Å². The SMILES string of the molecule is Cc1sc(CCCO)nc1O. The van der Waals surface area contributed by atoms with Crippen molar-refractivity contribution in [3.05, 3.63) is 9.88 Å². The number of aromatic nitrogens is 1. The van der Waals surface area contributed by atoms with E-state index < -0.39 is 0 Å². The van der Waals surface area contributed by atoms with Crippen molar-refractivity contribution in [2.24, 2.45) is 0 Å². The van der Waals surface area contributed by atoms with Crippen LogP contribution in [0.2, 0.25) is 0 Å². The summed E-state index contributed by atoms with van der Waals surface area (Å²) >= 11 is 1.48. The lowest BCUT2D eigenvalue weighted by Crippen LogP contribution is -1.87. The van der Waals surface area contributed by atoms with Gasteiger partial charge in [-0.05, 0) is 13.3 Å². The minimum atomic E-state index is 0.128. The third-order valence-corrected chi connectivity index (χ3v) is 2.38. The zero-order valence-corrected chi connectivity index (χ0v) is 7.19. The summed E-state index contributed by atoms with van der Waals surface area (Å²) in [6.45, 7) is 2.01. The van der Waals surface area contributed by atoms with E-state index in [1.807, 2.05) is 6.92 Å². The van der Waals surface area contributed by atoms with E-state index in [0.29, 0.717) is 6.42 Å². The summed E-state index contributed by atoms with van der Waals surface area (Å²) in [7, 11) is 0. The van der Waals surface area contributed by atoms with Crippen LogP contribution in [0.5, 0.6) is 5.88 Å². The first-order valence-electron chi connectivity index (χ1n) is 3.50. The number of aromatic hydroxyl groups is 1. The Balaban J connectivity index is 2.58. The number of thiazole rings is 1. The molecule has 2 N–H and O–H groups in total. The topological polar surface area (TPSA) is 53.4 Å². The molecule has 0 aliphatic carbocycles. The second-order valence-electron chi connectivity index (χ2n) is 2.31. The lowest BCUT2D eigenvalue weighted by molar-refractivity contribution is 0.288. The quantitative estimate of drug-likeness (QED) is 0.719. The van der Waals surface area contributed by atoms with Crippen LogP contribution in [0.25, 0.3) is 0 Å². The molecule has 0 bridgehead atoms. The van der Waals surface area contributed by atoms with Gasteiger partial charge in [0.05, 0.1) is 9.88 Å². The molecule has 0 saturated carbocycles. The van der Waals surface area contributed by atoms with Crippen molar-refractivity contribution in [2.45, 2.75) is 19.8 Å². The number of rotatable bonds is 3. The molecular formula is C7H11NO2S. The molecule has 0 unspecified atom stereocenters. The first kappa shape index (κ1) is 8.49. The second kappa shape index (κ2) is 3.69. The molecule has 1 aromatic rings. The van der Waals surface area contributed by atoms with Gasteiger partial charge in [-0.1, -0.05) is 0 Å². The van der Waals surface area contributed by atoms with E-state index in [1.54, 1.807) is 0 Å². The highest BCUT2D eigenvalue weighted by Gasteiger charge is 2.04. The Morgan fingerprint density at radius 2 is 2.27 bits per heavy atom. The van der Waals surface area contributed by atoms with Crippen molar-refractivity contribution < 1.29 is 10.2 Å². The van der Waals surface area contributed by atoms with Crippen LogP contribution in [-0.4, -0.2) is 21.8 Å². The Bertz CT molecular complexity index is 215. The van der Waals surface area contributed by atoms with Crippen molar-refractivity contribution in [3.63, 3.8) is 0 Å². The second-order valence-corrected chi connectivity index (χ2v) is 3.60. The predicted octanol–water partition coefficient (Wildman–Crippen LogP) is 1.08. The molecule has 0 spiro atoms. The molecule has 4 heteroatoms. The van der Waals surface area contributed by atoms with Gasteiger partial charge in [-0.2, -0.15) is 0 Å². The van der Waals surface area contributed by atoms with Crippen LogP contribution in [0.1, 0.15) is 16.3 Å². The number of aliphatic hydroxyl groups excluding tert-OH is 1. The van der Waals surface area contributed by atoms with Crippen LogP contribution in [0, 0.1) is 6.92 Å². The first-order valence-corrected chi connectivity index (χ1v) is 4.32. The molecule has 62 valence electrons. The van der Waals surface area contributed by atoms with Crippen LogP contribution < -0.4 is 0 Å². The molecule has 1 aromatic heterocycles. The number of hydrogen-bond donors (Lipinski definition) is 2. The predicted molar refractivity (Wildman–Crippen MR) is 43.9 cm³/mol. The number of hydrogen-bond acceptors (Lipinski definition) is 4. The molecule has 1 heterocycles. The van der Waals surface area contributed by atoms with Gasteiger partial charge in [-0.25, -0.2) is 4.98 Å². The van der Waals surface area contributed by atoms with E-state index in [2.05, 4.69) is 4.98 Å². The molecule has 0 radical (unpaired) electrons. The van der Waals surface area contributed by atoms with Crippen molar-refractivity contribution in [1.82, 2.24) is 4.98 Å². The molecule has 0 aliphatic heterocycles. The fourth-order valence-electron chi connectivity index (χ4n) is 0.779. The molecule has 0 saturated heterocycles. The van der Waals surface area contributed by atoms with E-state index in [4.69, 9.17) is 10.2 Å². The van der Waals surface area contributed by atoms with Gasteiger partial charge in [0.25, 0.3) is 0 Å². The monoisotopic (exact) mass is 173 g/mol. The third kappa shape index (κ3) is 2.17. The van der Waals surface area contributed by atoms with Crippen LogP contribution in [0.15, 0.2) is 0 Å². The summed E-state index contributed by atoms with van der Waals surface area (Å²) in [5, 5.41) is 18.5. The van der Waals surface area contributed by atoms with Gasteiger partial charge in [0.1, 0.15) is 0 Å². The summed E-state index contributed by atoms with van der Waals surface area (Å²) in [4.78, 5) is 4.76. The van der Waals surface area contributed by atoms with Crippen LogP contribution in [0.4, 0.5) is 0 Å². The Kier molecular flexibility index (Phi) is 2.84. The van der Waals surface area contributed by atoms with E-state index >= 15 is 0 Å². The molecule has 0 amide bonds. The number of aryl methyl sites for hydroxylation is 2. The van der Waals surface area contributed by atoms with Gasteiger partial charge in [-0.3, -0.25) is 0 Å². The van der Waals surface area contributed by atoms with Crippen LogP contribution >= 0.6 is 11.3 Å². The summed E-state index contributed by atoms with van der Waals surface area (Å²) in [6, 6.07) is 0. The van der Waals surface area contributed by atoms with Gasteiger partial charge >= 0.3 is 0 Å². The minimum Gasteiger partial charge on any atom is -0.492 e. The standard InChI is InChI=1S/C7H11NO2S/c1-5-7(10)8-6(11-5)3-2-4-9/h9-10H,2-4H2,1H3. The molecule has 11 heavy (non-hydrogen) atoms. The maximum absolute atomic E-state index is 9.08. The molecule has 3 nitrogen and oxygen atoms in total. The molecule has 0 aromatic carbocycles. The molecule has 1 rings (SSSR count). The van der Waals surface area contributed by atoms with Crippen molar-refractivity contribution in [1.29, 1.82) is 0 Å². The van der Waals surface area contributed by atoms with Gasteiger partial charge < -0.3 is 10.2 Å². The third-order valence-electron chi connectivity index (χ3n) is 1.37. The van der Waals surface area contributed by atoms with Crippen molar-refractivity contribution >= 4 is 11.3 Å². The summed E-state index contributed by atoms with van der Waals surface area (Å²) in [6.07, 6.45) is 1.47. The van der Waals surface area contributed by atoms with E-state index in [0.717, 1.165) is 16.3 Å². The number of nitrogens with zero attached hydrogens (tertiary/aromatic N) is 1. The van der Waals surface area contributed by atoms with Crippen molar-refractivity contribution in [3.8, 4) is 5.88 Å². The van der Waals surface area contributed by atoms with E-state index in [9.17, 15) is 0 Å². The molecule has 0 atom stereocenters. The van der Waals surface area contributed by atoms with Crippen LogP contribution in [0.3, 0.4) is 0 Å². The summed E-state index contributed by atoms with van der Waals surface area (Å²) in [5.74, 6) is 0.128. The molecular weight excluding hydrogens is 162 g/mol. The highest BCUT2D eigenvalue weighted by Crippen LogP contribution is 2.23. The Hall–Kier alpha value is -0.610. The average Bonchev–Trinajstić information content (AvgIpc) is 2.28. The maximum Gasteiger partial charge on any atom is 0.225 e. The lowest BCUT2D eigenvalue weighted by atomic mass is 10.3. The lowest BCUT2D eigenvalue weighted by Gasteiger charge is -1.89. The molecule has 0 fully saturated rings. The van der Waals surface area contributed by atoms with E-state index in [-0.39, 0.29) is 12.5 Å². The smallest absolute Gasteiger partial charge is 0.225 e. The highest BCUT2D eigenvalue weighted by molar-refractivity contribution is 7.11. The Morgan fingerprint density at radius 1 is 1.55 bits per heavy atom. The minimum absolute atomic E-state index is 0.128. The maximum atomic E-state index is 9.08. The molecule has 0 aliphatic rings. The fraction of sp³-hybridized carbons (Fsp3) is 0.571. The summed E-state index contributed by atoms with van der Waals surface area (Å²) in [5.41, 5.74) is 0. The Morgan fingerprint density at radius 3 is 2.73 bits per heavy atom. The average molecular weight is 173 g/mol. The highest BCUT2D eigenvalue weighted by atomic mass is 32.1. The van der Waals surface area contributed by atoms with Gasteiger partial charge in [0.15, 0.2) is 0 Å². The first-order chi connectivity index (χ1) is 5.24. The largest absolute Gasteiger partial charge is 0.492 e. The summed E-state index contributed by atoms with van der Waals surface area (Å²) < 4.78 is 0. The zero-order valence-electron chi connectivity index (χ0n) is 6.37. The normalized spacial score (nSPS) is 10.4.